The van der Waals surface area contributed by atoms with Gasteiger partial charge in [0.05, 0.1) is 5.52 Å². The first-order valence-corrected chi connectivity index (χ1v) is 8.82. The summed E-state index contributed by atoms with van der Waals surface area (Å²) in [6.45, 7) is 2.07. The van der Waals surface area contributed by atoms with Gasteiger partial charge in [-0.1, -0.05) is 30.3 Å². The molecule has 2 N–H and O–H groups in total. The second-order valence-electron chi connectivity index (χ2n) is 6.50. The third-order valence-electron chi connectivity index (χ3n) is 4.73. The summed E-state index contributed by atoms with van der Waals surface area (Å²) in [4.78, 5) is 26.6. The number of hydrogen-bond donors (Lipinski definition) is 2. The minimum atomic E-state index is -0.223. The number of carbonyl (C=O) groups is 2. The average Bonchev–Trinajstić information content (AvgIpc) is 3.36. The van der Waals surface area contributed by atoms with E-state index in [2.05, 4.69) is 15.5 Å². The molecule has 0 aliphatic carbocycles. The van der Waals surface area contributed by atoms with Crippen LogP contribution in [0.15, 0.2) is 48.5 Å². The molecule has 1 fully saturated rings. The zero-order valence-corrected chi connectivity index (χ0v) is 14.4. The van der Waals surface area contributed by atoms with Crippen LogP contribution in [0.4, 0.5) is 0 Å². The summed E-state index contributed by atoms with van der Waals surface area (Å²) in [5.41, 5.74) is 2.86. The summed E-state index contributed by atoms with van der Waals surface area (Å²) >= 11 is 0. The Kier molecular flexibility index (Phi) is 4.39. The molecule has 0 saturated carbocycles. The first-order chi connectivity index (χ1) is 12.7. The van der Waals surface area contributed by atoms with Gasteiger partial charge in [0.25, 0.3) is 11.8 Å². The molecule has 0 radical (unpaired) electrons. The standard InChI is InChI=1S/C20H20N4O2/c25-19(18-16-5-1-2-6-17(16)22-23-18)21-13-14-7-9-15(10-8-14)20(26)24-11-3-4-12-24/h1-2,5-10H,3-4,11-13H2,(H,21,25)(H,22,23). The van der Waals surface area contributed by atoms with Crippen LogP contribution in [0.25, 0.3) is 10.9 Å². The number of hydrogen-bond acceptors (Lipinski definition) is 3. The Hall–Kier alpha value is -3.15. The van der Waals surface area contributed by atoms with Crippen LogP contribution in [-0.2, 0) is 6.54 Å². The number of carbonyl (C=O) groups excluding carboxylic acids is 2. The van der Waals surface area contributed by atoms with E-state index in [9.17, 15) is 9.59 Å². The Balaban J connectivity index is 1.40. The minimum absolute atomic E-state index is 0.0843. The van der Waals surface area contributed by atoms with E-state index in [1.807, 2.05) is 53.4 Å². The number of rotatable bonds is 4. The van der Waals surface area contributed by atoms with E-state index >= 15 is 0 Å². The van der Waals surface area contributed by atoms with Gasteiger partial charge < -0.3 is 10.2 Å². The largest absolute Gasteiger partial charge is 0.347 e. The molecular weight excluding hydrogens is 328 g/mol. The summed E-state index contributed by atoms with van der Waals surface area (Å²) in [6, 6.07) is 14.9. The number of nitrogens with one attached hydrogen (secondary N) is 2. The SMILES string of the molecule is O=C(NCc1ccc(C(=O)N2CCCC2)cc1)c1n[nH]c2ccccc12. The van der Waals surface area contributed by atoms with Crippen molar-refractivity contribution in [2.45, 2.75) is 19.4 Å². The highest BCUT2D eigenvalue weighted by atomic mass is 16.2. The van der Waals surface area contributed by atoms with Gasteiger partial charge in [-0.2, -0.15) is 5.10 Å². The quantitative estimate of drug-likeness (QED) is 0.761. The van der Waals surface area contributed by atoms with Crippen molar-refractivity contribution in [2.24, 2.45) is 0 Å². The van der Waals surface area contributed by atoms with Crippen LogP contribution in [0.5, 0.6) is 0 Å². The average molecular weight is 348 g/mol. The van der Waals surface area contributed by atoms with Crippen molar-refractivity contribution in [3.8, 4) is 0 Å². The molecule has 132 valence electrons. The smallest absolute Gasteiger partial charge is 0.272 e. The fourth-order valence-electron chi connectivity index (χ4n) is 3.27. The van der Waals surface area contributed by atoms with E-state index in [0.29, 0.717) is 17.8 Å². The van der Waals surface area contributed by atoms with Crippen LogP contribution < -0.4 is 5.32 Å². The highest BCUT2D eigenvalue weighted by Crippen LogP contribution is 2.16. The number of para-hydroxylation sites is 1. The second kappa shape index (κ2) is 7.00. The zero-order valence-electron chi connectivity index (χ0n) is 14.4. The molecule has 0 bridgehead atoms. The van der Waals surface area contributed by atoms with Gasteiger partial charge in [-0.25, -0.2) is 0 Å². The maximum atomic E-state index is 12.4. The molecule has 0 spiro atoms. The molecule has 1 aliphatic rings. The first-order valence-electron chi connectivity index (χ1n) is 8.82. The Morgan fingerprint density at radius 3 is 2.54 bits per heavy atom. The fourth-order valence-corrected chi connectivity index (χ4v) is 3.27. The van der Waals surface area contributed by atoms with Crippen molar-refractivity contribution in [3.05, 3.63) is 65.4 Å². The van der Waals surface area contributed by atoms with E-state index in [4.69, 9.17) is 0 Å². The van der Waals surface area contributed by atoms with Crippen molar-refractivity contribution in [1.82, 2.24) is 20.4 Å². The molecule has 1 aliphatic heterocycles. The molecule has 0 unspecified atom stereocenters. The minimum Gasteiger partial charge on any atom is -0.347 e. The molecule has 3 aromatic rings. The maximum absolute atomic E-state index is 12.4. The van der Waals surface area contributed by atoms with Gasteiger partial charge in [0, 0.05) is 30.6 Å². The number of nitrogens with zero attached hydrogens (tertiary/aromatic N) is 2. The third kappa shape index (κ3) is 3.18. The number of benzene rings is 2. The number of aromatic amines is 1. The van der Waals surface area contributed by atoms with Crippen molar-refractivity contribution in [3.63, 3.8) is 0 Å². The lowest BCUT2D eigenvalue weighted by atomic mass is 10.1. The highest BCUT2D eigenvalue weighted by Gasteiger charge is 2.19. The molecular formula is C20H20N4O2. The number of fused-ring (bicyclic) bond motifs is 1. The Morgan fingerprint density at radius 1 is 1.04 bits per heavy atom. The number of aromatic nitrogens is 2. The van der Waals surface area contributed by atoms with Gasteiger partial charge in [-0.15, -0.1) is 0 Å². The van der Waals surface area contributed by atoms with Gasteiger partial charge >= 0.3 is 0 Å². The second-order valence-corrected chi connectivity index (χ2v) is 6.50. The lowest BCUT2D eigenvalue weighted by Gasteiger charge is -2.15. The van der Waals surface area contributed by atoms with E-state index in [-0.39, 0.29) is 11.8 Å². The van der Waals surface area contributed by atoms with E-state index in [1.165, 1.54) is 0 Å². The Morgan fingerprint density at radius 2 is 1.77 bits per heavy atom. The lowest BCUT2D eigenvalue weighted by Crippen LogP contribution is -2.27. The number of likely N-dealkylation sites (tertiary alicyclic amines) is 1. The number of amides is 2. The third-order valence-corrected chi connectivity index (χ3v) is 4.73. The fraction of sp³-hybridized carbons (Fsp3) is 0.250. The molecule has 1 aromatic heterocycles. The predicted octanol–water partition coefficient (Wildman–Crippen LogP) is 2.73. The van der Waals surface area contributed by atoms with E-state index < -0.39 is 0 Å². The molecule has 2 amide bonds. The Bertz CT molecular complexity index is 940. The molecule has 6 nitrogen and oxygen atoms in total. The zero-order chi connectivity index (χ0) is 17.9. The maximum Gasteiger partial charge on any atom is 0.272 e. The molecule has 2 aromatic carbocycles. The molecule has 26 heavy (non-hydrogen) atoms. The molecule has 1 saturated heterocycles. The number of H-pyrrole nitrogens is 1. The van der Waals surface area contributed by atoms with Crippen molar-refractivity contribution < 1.29 is 9.59 Å². The highest BCUT2D eigenvalue weighted by molar-refractivity contribution is 6.04. The summed E-state index contributed by atoms with van der Waals surface area (Å²) in [5, 5.41) is 10.6. The summed E-state index contributed by atoms with van der Waals surface area (Å²) in [5.74, 6) is -0.138. The lowest BCUT2D eigenvalue weighted by molar-refractivity contribution is 0.0792. The molecule has 2 heterocycles. The summed E-state index contributed by atoms with van der Waals surface area (Å²) < 4.78 is 0. The van der Waals surface area contributed by atoms with Crippen molar-refractivity contribution in [1.29, 1.82) is 0 Å². The van der Waals surface area contributed by atoms with Gasteiger partial charge in [-0.05, 0) is 36.6 Å². The van der Waals surface area contributed by atoms with Crippen LogP contribution in [0, 0.1) is 0 Å². The van der Waals surface area contributed by atoms with Crippen LogP contribution in [0.2, 0.25) is 0 Å². The molecule has 4 rings (SSSR count). The summed E-state index contributed by atoms with van der Waals surface area (Å²) in [6.07, 6.45) is 2.16. The van der Waals surface area contributed by atoms with Gasteiger partial charge in [0.2, 0.25) is 0 Å². The van der Waals surface area contributed by atoms with Crippen LogP contribution in [0.3, 0.4) is 0 Å². The molecule has 6 heteroatoms. The van der Waals surface area contributed by atoms with Gasteiger partial charge in [0.1, 0.15) is 0 Å². The van der Waals surface area contributed by atoms with Crippen LogP contribution >= 0.6 is 0 Å². The van der Waals surface area contributed by atoms with E-state index in [0.717, 1.165) is 42.4 Å². The first kappa shape index (κ1) is 16.3. The van der Waals surface area contributed by atoms with Crippen LogP contribution in [0.1, 0.15) is 39.3 Å². The van der Waals surface area contributed by atoms with Crippen molar-refractivity contribution >= 4 is 22.7 Å². The van der Waals surface area contributed by atoms with Gasteiger partial charge in [0.15, 0.2) is 5.69 Å². The topological polar surface area (TPSA) is 78.1 Å². The van der Waals surface area contributed by atoms with E-state index in [1.54, 1.807) is 0 Å². The Labute approximate surface area is 151 Å². The predicted molar refractivity (Wildman–Crippen MR) is 98.8 cm³/mol. The monoisotopic (exact) mass is 348 g/mol. The van der Waals surface area contributed by atoms with Gasteiger partial charge in [-0.3, -0.25) is 14.7 Å². The van der Waals surface area contributed by atoms with Crippen molar-refractivity contribution in [2.75, 3.05) is 13.1 Å². The van der Waals surface area contributed by atoms with Crippen LogP contribution in [-0.4, -0.2) is 40.0 Å². The normalized spacial score (nSPS) is 13.9. The molecule has 0 atom stereocenters. The summed E-state index contributed by atoms with van der Waals surface area (Å²) in [7, 11) is 0.